The molecule has 0 aromatic rings. The van der Waals surface area contributed by atoms with Gasteiger partial charge in [0.1, 0.15) is 6.10 Å². The molecule has 1 heterocycles. The van der Waals surface area contributed by atoms with E-state index in [1.807, 2.05) is 0 Å². The second-order valence-electron chi connectivity index (χ2n) is 4.67. The third kappa shape index (κ3) is 5.09. The van der Waals surface area contributed by atoms with Crippen molar-refractivity contribution < 1.29 is 38.4 Å². The van der Waals surface area contributed by atoms with Gasteiger partial charge in [-0.2, -0.15) is 0 Å². The minimum absolute atomic E-state index is 0.611. The zero-order chi connectivity index (χ0) is 17.6. The molecule has 0 aromatic heterocycles. The Kier molecular flexibility index (Phi) is 6.76. The summed E-state index contributed by atoms with van der Waals surface area (Å²) in [7, 11) is 0. The normalized spacial score (nSPS) is 29.8. The summed E-state index contributed by atoms with van der Waals surface area (Å²) in [5, 5.41) is 12.7. The zero-order valence-corrected chi connectivity index (χ0v) is 12.7. The van der Waals surface area contributed by atoms with E-state index >= 15 is 0 Å². The molecule has 11 heteroatoms. The zero-order valence-electron chi connectivity index (χ0n) is 12.7. The molecule has 128 valence electrons. The minimum atomic E-state index is -1.36. The van der Waals surface area contributed by atoms with Crippen LogP contribution in [-0.4, -0.2) is 60.3 Å². The van der Waals surface area contributed by atoms with Crippen molar-refractivity contribution in [2.75, 3.05) is 6.61 Å². The Bertz CT molecular complexity index is 518. The van der Waals surface area contributed by atoms with Crippen molar-refractivity contribution in [3.05, 3.63) is 10.4 Å². The number of ether oxygens (including phenoxy) is 4. The first kappa shape index (κ1) is 18.7. The fraction of sp³-hybridized carbons (Fsp3) is 0.750. The van der Waals surface area contributed by atoms with Gasteiger partial charge in [0.05, 0.1) is 6.61 Å². The molecule has 0 aromatic carbocycles. The summed E-state index contributed by atoms with van der Waals surface area (Å²) in [6, 6.07) is 0. The van der Waals surface area contributed by atoms with E-state index in [1.165, 1.54) is 0 Å². The van der Waals surface area contributed by atoms with Crippen molar-refractivity contribution in [2.24, 2.45) is 5.11 Å². The Morgan fingerprint density at radius 1 is 1.04 bits per heavy atom. The molecular weight excluding hydrogens is 314 g/mol. The Labute approximate surface area is 131 Å². The van der Waals surface area contributed by atoms with Gasteiger partial charge in [-0.05, 0) is 5.53 Å². The van der Waals surface area contributed by atoms with E-state index in [4.69, 9.17) is 24.5 Å². The lowest BCUT2D eigenvalue weighted by atomic mass is 9.97. The summed E-state index contributed by atoms with van der Waals surface area (Å²) in [5.74, 6) is -2.22. The van der Waals surface area contributed by atoms with E-state index < -0.39 is 55.2 Å². The molecule has 0 saturated carbocycles. The molecule has 11 nitrogen and oxygen atoms in total. The van der Waals surface area contributed by atoms with Crippen LogP contribution in [0.1, 0.15) is 20.8 Å². The van der Waals surface area contributed by atoms with E-state index in [2.05, 4.69) is 10.0 Å². The SMILES string of the molecule is CC(=O)O[C@H]1[C@H](OC(C)=O)[C@@H](OC(C)=O)C(N=[N+]=[N-])O[C@@H]1CO. The highest BCUT2D eigenvalue weighted by molar-refractivity contribution is 5.68. The van der Waals surface area contributed by atoms with E-state index in [0.717, 1.165) is 20.8 Å². The quantitative estimate of drug-likeness (QED) is 0.239. The molecular formula is C12H17N3O8. The molecule has 0 bridgehead atoms. The lowest BCUT2D eigenvalue weighted by Gasteiger charge is -2.42. The summed E-state index contributed by atoms with van der Waals surface area (Å²) >= 11 is 0. The Balaban J connectivity index is 3.24. The van der Waals surface area contributed by atoms with Crippen LogP contribution < -0.4 is 0 Å². The molecule has 1 fully saturated rings. The molecule has 1 saturated heterocycles. The highest BCUT2D eigenvalue weighted by Crippen LogP contribution is 2.29. The van der Waals surface area contributed by atoms with Crippen LogP contribution in [0.2, 0.25) is 0 Å². The van der Waals surface area contributed by atoms with Crippen LogP contribution in [0.5, 0.6) is 0 Å². The average molecular weight is 331 g/mol. The molecule has 0 aliphatic carbocycles. The number of carbonyl (C=O) groups is 3. The minimum Gasteiger partial charge on any atom is -0.456 e. The fourth-order valence-corrected chi connectivity index (χ4v) is 2.16. The number of esters is 3. The van der Waals surface area contributed by atoms with Gasteiger partial charge in [-0.3, -0.25) is 14.4 Å². The molecule has 0 spiro atoms. The fourth-order valence-electron chi connectivity index (χ4n) is 2.16. The first-order valence-corrected chi connectivity index (χ1v) is 6.62. The molecule has 1 aliphatic rings. The van der Waals surface area contributed by atoms with E-state index in [0.29, 0.717) is 0 Å². The maximum Gasteiger partial charge on any atom is 0.303 e. The van der Waals surface area contributed by atoms with E-state index in [-0.39, 0.29) is 0 Å². The molecule has 1 N–H and O–H groups in total. The summed E-state index contributed by atoms with van der Waals surface area (Å²) < 4.78 is 20.4. The van der Waals surface area contributed by atoms with Crippen LogP contribution in [0.3, 0.4) is 0 Å². The number of azide groups is 1. The largest absolute Gasteiger partial charge is 0.456 e. The number of aliphatic hydroxyl groups excluding tert-OH is 1. The predicted molar refractivity (Wildman–Crippen MR) is 71.6 cm³/mol. The highest BCUT2D eigenvalue weighted by atomic mass is 16.7. The van der Waals surface area contributed by atoms with Gasteiger partial charge in [0, 0.05) is 25.7 Å². The number of hydrogen-bond acceptors (Lipinski definition) is 9. The van der Waals surface area contributed by atoms with Crippen molar-refractivity contribution in [1.82, 2.24) is 0 Å². The van der Waals surface area contributed by atoms with Crippen LogP contribution in [0.25, 0.3) is 10.4 Å². The van der Waals surface area contributed by atoms with Crippen LogP contribution >= 0.6 is 0 Å². The van der Waals surface area contributed by atoms with E-state index in [1.54, 1.807) is 0 Å². The first-order valence-electron chi connectivity index (χ1n) is 6.62. The van der Waals surface area contributed by atoms with Crippen molar-refractivity contribution in [3.8, 4) is 0 Å². The van der Waals surface area contributed by atoms with Gasteiger partial charge in [-0.25, -0.2) is 0 Å². The van der Waals surface area contributed by atoms with Gasteiger partial charge in [-0.15, -0.1) is 0 Å². The summed E-state index contributed by atoms with van der Waals surface area (Å²) in [5.41, 5.74) is 8.59. The van der Waals surface area contributed by atoms with Crippen molar-refractivity contribution in [3.63, 3.8) is 0 Å². The Morgan fingerprint density at radius 2 is 1.52 bits per heavy atom. The molecule has 1 aliphatic heterocycles. The van der Waals surface area contributed by atoms with Crippen LogP contribution in [0, 0.1) is 0 Å². The summed E-state index contributed by atoms with van der Waals surface area (Å²) in [6.07, 6.45) is -6.38. The number of hydrogen-bond donors (Lipinski definition) is 1. The Morgan fingerprint density at radius 3 is 1.96 bits per heavy atom. The van der Waals surface area contributed by atoms with Crippen molar-refractivity contribution >= 4 is 17.9 Å². The van der Waals surface area contributed by atoms with Gasteiger partial charge in [-0.1, -0.05) is 5.11 Å². The average Bonchev–Trinajstić information content (AvgIpc) is 2.43. The lowest BCUT2D eigenvalue weighted by molar-refractivity contribution is -0.250. The van der Waals surface area contributed by atoms with Gasteiger partial charge in [0.2, 0.25) is 0 Å². The maximum absolute atomic E-state index is 11.3. The second kappa shape index (κ2) is 8.32. The number of carbonyl (C=O) groups excluding carboxylic acids is 3. The lowest BCUT2D eigenvalue weighted by Crippen LogP contribution is -2.61. The smallest absolute Gasteiger partial charge is 0.303 e. The third-order valence-electron chi connectivity index (χ3n) is 2.86. The maximum atomic E-state index is 11.3. The first-order chi connectivity index (χ1) is 10.8. The molecule has 0 amide bonds. The number of rotatable bonds is 5. The molecule has 1 rings (SSSR count). The standard InChI is InChI=1S/C12H17N3O8/c1-5(17)20-9-8(4-16)23-12(14-15-13)11(22-7(3)19)10(9)21-6(2)18/h8-12,16H,4H2,1-3H3/t8-,9-,10+,11-,12?/m1/s1. The molecule has 1 unspecified atom stereocenters. The van der Waals surface area contributed by atoms with Crippen LogP contribution in [0.15, 0.2) is 5.11 Å². The second-order valence-corrected chi connectivity index (χ2v) is 4.67. The summed E-state index contributed by atoms with van der Waals surface area (Å²) in [6.45, 7) is 2.69. The predicted octanol–water partition coefficient (Wildman–Crippen LogP) is -0.191. The third-order valence-corrected chi connectivity index (χ3v) is 2.86. The number of nitrogens with zero attached hydrogens (tertiary/aromatic N) is 3. The van der Waals surface area contributed by atoms with Crippen molar-refractivity contribution in [1.29, 1.82) is 0 Å². The molecule has 23 heavy (non-hydrogen) atoms. The molecule has 5 atom stereocenters. The van der Waals surface area contributed by atoms with Crippen molar-refractivity contribution in [2.45, 2.75) is 51.4 Å². The Hall–Kier alpha value is -2.36. The number of aliphatic hydroxyl groups is 1. The summed E-state index contributed by atoms with van der Waals surface area (Å²) in [4.78, 5) is 36.4. The monoisotopic (exact) mass is 331 g/mol. The highest BCUT2D eigenvalue weighted by Gasteiger charge is 2.51. The van der Waals surface area contributed by atoms with E-state index in [9.17, 15) is 19.5 Å². The van der Waals surface area contributed by atoms with Crippen LogP contribution in [0.4, 0.5) is 0 Å². The van der Waals surface area contributed by atoms with Gasteiger partial charge >= 0.3 is 17.9 Å². The van der Waals surface area contributed by atoms with Gasteiger partial charge in [0.15, 0.2) is 24.5 Å². The topological polar surface area (TPSA) is 157 Å². The van der Waals surface area contributed by atoms with Crippen LogP contribution in [-0.2, 0) is 33.3 Å². The molecule has 0 radical (unpaired) electrons. The van der Waals surface area contributed by atoms with Gasteiger partial charge in [0.25, 0.3) is 0 Å². The van der Waals surface area contributed by atoms with Gasteiger partial charge < -0.3 is 24.1 Å².